The zero-order valence-electron chi connectivity index (χ0n) is 11.6. The Bertz CT molecular complexity index is 487. The highest BCUT2D eigenvalue weighted by atomic mass is 35.5. The lowest BCUT2D eigenvalue weighted by Crippen LogP contribution is -2.34. The maximum Gasteiger partial charge on any atom is 0.172 e. The standard InChI is InChI=1S/C14H20ClN3O2/c1-18(9-11-4-2-3-7-20-11)13-8-10(15)5-6-12(13)14(16)17-19/h5-6,8,11,19H,2-4,7,9H2,1H3,(H2,16,17). The minimum Gasteiger partial charge on any atom is -0.409 e. The summed E-state index contributed by atoms with van der Waals surface area (Å²) in [5.41, 5.74) is 7.21. The van der Waals surface area contributed by atoms with Crippen molar-refractivity contribution in [1.82, 2.24) is 0 Å². The third-order valence-electron chi connectivity index (χ3n) is 3.51. The van der Waals surface area contributed by atoms with Crippen LogP contribution in [0.5, 0.6) is 0 Å². The van der Waals surface area contributed by atoms with Gasteiger partial charge in [0.15, 0.2) is 5.84 Å². The highest BCUT2D eigenvalue weighted by Crippen LogP contribution is 2.25. The van der Waals surface area contributed by atoms with Gasteiger partial charge in [0, 0.05) is 36.5 Å². The summed E-state index contributed by atoms with van der Waals surface area (Å²) >= 11 is 6.05. The summed E-state index contributed by atoms with van der Waals surface area (Å²) < 4.78 is 5.74. The highest BCUT2D eigenvalue weighted by Gasteiger charge is 2.18. The second kappa shape index (κ2) is 6.81. The summed E-state index contributed by atoms with van der Waals surface area (Å²) in [5.74, 6) is 0.0769. The fourth-order valence-corrected chi connectivity index (χ4v) is 2.61. The summed E-state index contributed by atoms with van der Waals surface area (Å²) in [7, 11) is 1.96. The molecule has 1 heterocycles. The molecule has 1 unspecified atom stereocenters. The van der Waals surface area contributed by atoms with Crippen LogP contribution in [-0.4, -0.2) is 37.3 Å². The van der Waals surface area contributed by atoms with Crippen LogP contribution in [0, 0.1) is 0 Å². The Hall–Kier alpha value is -1.46. The van der Waals surface area contributed by atoms with E-state index in [9.17, 15) is 0 Å². The number of halogens is 1. The highest BCUT2D eigenvalue weighted by molar-refractivity contribution is 6.31. The van der Waals surface area contributed by atoms with Gasteiger partial charge in [-0.1, -0.05) is 16.8 Å². The smallest absolute Gasteiger partial charge is 0.172 e. The van der Waals surface area contributed by atoms with Crippen LogP contribution in [0.4, 0.5) is 5.69 Å². The average molecular weight is 298 g/mol. The molecule has 5 nitrogen and oxygen atoms in total. The minimum absolute atomic E-state index is 0.0769. The van der Waals surface area contributed by atoms with Gasteiger partial charge in [0.25, 0.3) is 0 Å². The molecule has 1 fully saturated rings. The molecule has 0 aromatic heterocycles. The maximum atomic E-state index is 8.87. The largest absolute Gasteiger partial charge is 0.409 e. The monoisotopic (exact) mass is 297 g/mol. The van der Waals surface area contributed by atoms with Crippen molar-refractivity contribution >= 4 is 23.1 Å². The maximum absolute atomic E-state index is 8.87. The molecule has 3 N–H and O–H groups in total. The first-order chi connectivity index (χ1) is 9.61. The van der Waals surface area contributed by atoms with E-state index in [4.69, 9.17) is 27.3 Å². The van der Waals surface area contributed by atoms with Crippen LogP contribution in [0.15, 0.2) is 23.4 Å². The molecule has 0 spiro atoms. The number of rotatable bonds is 4. The van der Waals surface area contributed by atoms with Gasteiger partial charge in [0.05, 0.1) is 6.10 Å². The Morgan fingerprint density at radius 2 is 2.35 bits per heavy atom. The van der Waals surface area contributed by atoms with E-state index in [1.54, 1.807) is 12.1 Å². The lowest BCUT2D eigenvalue weighted by Gasteiger charge is -2.29. The van der Waals surface area contributed by atoms with Crippen LogP contribution in [0.3, 0.4) is 0 Å². The van der Waals surface area contributed by atoms with Crippen LogP contribution in [0.25, 0.3) is 0 Å². The number of nitrogens with two attached hydrogens (primary N) is 1. The number of amidine groups is 1. The van der Waals surface area contributed by atoms with E-state index >= 15 is 0 Å². The van der Waals surface area contributed by atoms with Crippen molar-refractivity contribution in [3.8, 4) is 0 Å². The predicted molar refractivity (Wildman–Crippen MR) is 80.8 cm³/mol. The zero-order valence-corrected chi connectivity index (χ0v) is 12.3. The van der Waals surface area contributed by atoms with Gasteiger partial charge in [0.1, 0.15) is 0 Å². The molecule has 0 radical (unpaired) electrons. The van der Waals surface area contributed by atoms with Gasteiger partial charge in [-0.2, -0.15) is 0 Å². The summed E-state index contributed by atoms with van der Waals surface area (Å²) in [6.07, 6.45) is 3.60. The molecule has 0 amide bonds. The zero-order chi connectivity index (χ0) is 14.5. The molecule has 1 aliphatic rings. The van der Waals surface area contributed by atoms with Crippen molar-refractivity contribution < 1.29 is 9.94 Å². The van der Waals surface area contributed by atoms with Gasteiger partial charge in [0.2, 0.25) is 0 Å². The second-order valence-corrected chi connectivity index (χ2v) is 5.45. The normalized spacial score (nSPS) is 19.9. The summed E-state index contributed by atoms with van der Waals surface area (Å²) in [6, 6.07) is 5.30. The summed E-state index contributed by atoms with van der Waals surface area (Å²) in [6.45, 7) is 1.58. The predicted octanol–water partition coefficient (Wildman–Crippen LogP) is 2.44. The summed E-state index contributed by atoms with van der Waals surface area (Å²) in [4.78, 5) is 2.04. The van der Waals surface area contributed by atoms with E-state index in [1.807, 2.05) is 18.0 Å². The van der Waals surface area contributed by atoms with Crippen molar-refractivity contribution in [3.05, 3.63) is 28.8 Å². The van der Waals surface area contributed by atoms with E-state index in [0.717, 1.165) is 31.7 Å². The quantitative estimate of drug-likeness (QED) is 0.387. The minimum atomic E-state index is 0.0769. The third-order valence-corrected chi connectivity index (χ3v) is 3.74. The molecule has 1 aromatic carbocycles. The fraction of sp³-hybridized carbons (Fsp3) is 0.500. The van der Waals surface area contributed by atoms with Gasteiger partial charge < -0.3 is 20.6 Å². The van der Waals surface area contributed by atoms with Gasteiger partial charge in [-0.05, 0) is 37.5 Å². The lowest BCUT2D eigenvalue weighted by molar-refractivity contribution is 0.0216. The molecule has 1 atom stereocenters. The number of ether oxygens (including phenoxy) is 1. The second-order valence-electron chi connectivity index (χ2n) is 5.02. The van der Waals surface area contributed by atoms with Crippen molar-refractivity contribution in [1.29, 1.82) is 0 Å². The Balaban J connectivity index is 2.19. The molecular weight excluding hydrogens is 278 g/mol. The van der Waals surface area contributed by atoms with Gasteiger partial charge in [-0.15, -0.1) is 0 Å². The molecule has 1 saturated heterocycles. The van der Waals surface area contributed by atoms with Crippen LogP contribution in [0.2, 0.25) is 5.02 Å². The lowest BCUT2D eigenvalue weighted by atomic mass is 10.1. The average Bonchev–Trinajstić information content (AvgIpc) is 2.47. The third kappa shape index (κ3) is 3.55. The summed E-state index contributed by atoms with van der Waals surface area (Å²) in [5, 5.41) is 12.6. The molecule has 2 rings (SSSR count). The molecule has 0 aliphatic carbocycles. The molecule has 6 heteroatoms. The molecule has 1 aliphatic heterocycles. The van der Waals surface area contributed by atoms with E-state index < -0.39 is 0 Å². The molecule has 0 bridgehead atoms. The molecule has 0 saturated carbocycles. The number of benzene rings is 1. The van der Waals surface area contributed by atoms with Crippen LogP contribution in [-0.2, 0) is 4.74 Å². The number of hydrogen-bond acceptors (Lipinski definition) is 4. The number of oxime groups is 1. The molecule has 110 valence electrons. The van der Waals surface area contributed by atoms with E-state index in [1.165, 1.54) is 6.42 Å². The van der Waals surface area contributed by atoms with Crippen LogP contribution < -0.4 is 10.6 Å². The van der Waals surface area contributed by atoms with Crippen LogP contribution in [0.1, 0.15) is 24.8 Å². The Morgan fingerprint density at radius 1 is 1.55 bits per heavy atom. The van der Waals surface area contributed by atoms with E-state index in [-0.39, 0.29) is 11.9 Å². The number of hydrogen-bond donors (Lipinski definition) is 2. The van der Waals surface area contributed by atoms with Crippen molar-refractivity contribution in [2.45, 2.75) is 25.4 Å². The number of likely N-dealkylation sites (N-methyl/N-ethyl adjacent to an activating group) is 1. The van der Waals surface area contributed by atoms with Crippen molar-refractivity contribution in [2.24, 2.45) is 10.9 Å². The van der Waals surface area contributed by atoms with E-state index in [0.29, 0.717) is 10.6 Å². The van der Waals surface area contributed by atoms with Crippen LogP contribution >= 0.6 is 11.6 Å². The van der Waals surface area contributed by atoms with Gasteiger partial charge >= 0.3 is 0 Å². The van der Waals surface area contributed by atoms with Crippen molar-refractivity contribution in [2.75, 3.05) is 25.1 Å². The Labute approximate surface area is 124 Å². The molecular formula is C14H20ClN3O2. The number of nitrogens with zero attached hydrogens (tertiary/aromatic N) is 2. The first kappa shape index (κ1) is 14.9. The van der Waals surface area contributed by atoms with Gasteiger partial charge in [-0.3, -0.25) is 0 Å². The number of anilines is 1. The topological polar surface area (TPSA) is 71.1 Å². The van der Waals surface area contributed by atoms with Gasteiger partial charge in [-0.25, -0.2) is 0 Å². The first-order valence-electron chi connectivity index (χ1n) is 6.72. The van der Waals surface area contributed by atoms with E-state index in [2.05, 4.69) is 5.16 Å². The molecule has 20 heavy (non-hydrogen) atoms. The Morgan fingerprint density at radius 3 is 3.00 bits per heavy atom. The Kier molecular flexibility index (Phi) is 5.09. The first-order valence-corrected chi connectivity index (χ1v) is 7.10. The molecule has 1 aromatic rings. The fourth-order valence-electron chi connectivity index (χ4n) is 2.45. The van der Waals surface area contributed by atoms with Crippen molar-refractivity contribution in [3.63, 3.8) is 0 Å². The SMILES string of the molecule is CN(CC1CCCCO1)c1cc(Cl)ccc1C(N)=NO.